The van der Waals surface area contributed by atoms with Crippen LogP contribution in [0.3, 0.4) is 0 Å². The van der Waals surface area contributed by atoms with Gasteiger partial charge in [0, 0.05) is 11.1 Å². The number of ether oxygens (including phenoxy) is 1. The molecule has 3 N–H and O–H groups in total. The monoisotopic (exact) mass is 336 g/mol. The number of aromatic nitrogens is 2. The van der Waals surface area contributed by atoms with Gasteiger partial charge in [0.2, 0.25) is 11.8 Å². The Morgan fingerprint density at radius 2 is 1.88 bits per heavy atom. The van der Waals surface area contributed by atoms with Gasteiger partial charge < -0.3 is 10.5 Å². The molecule has 0 saturated heterocycles. The van der Waals surface area contributed by atoms with Gasteiger partial charge in [0.25, 0.3) is 0 Å². The van der Waals surface area contributed by atoms with E-state index in [0.717, 1.165) is 16.8 Å². The van der Waals surface area contributed by atoms with Crippen molar-refractivity contribution < 1.29 is 4.74 Å². The molecule has 1 atom stereocenters. The molecule has 25 heavy (non-hydrogen) atoms. The van der Waals surface area contributed by atoms with Crippen molar-refractivity contribution in [3.63, 3.8) is 0 Å². The van der Waals surface area contributed by atoms with E-state index in [1.54, 1.807) is 0 Å². The van der Waals surface area contributed by atoms with E-state index >= 15 is 0 Å². The van der Waals surface area contributed by atoms with Gasteiger partial charge in [-0.2, -0.15) is 5.26 Å². The maximum absolute atomic E-state index is 9.69. The molecule has 1 aromatic carbocycles. The SMILES string of the molecule is CC(C)c1ccc([C@@H]2C(C#N)=C(N)Oc3n[nH]c(C(C)(C)C)c32)cc1. The first kappa shape index (κ1) is 17.1. The molecule has 1 aliphatic rings. The molecule has 5 nitrogen and oxygen atoms in total. The van der Waals surface area contributed by atoms with E-state index in [9.17, 15) is 5.26 Å². The summed E-state index contributed by atoms with van der Waals surface area (Å²) in [6.45, 7) is 10.6. The number of hydrogen-bond donors (Lipinski definition) is 2. The van der Waals surface area contributed by atoms with Crippen LogP contribution < -0.4 is 10.5 Å². The quantitative estimate of drug-likeness (QED) is 0.866. The highest BCUT2D eigenvalue weighted by Crippen LogP contribution is 2.45. The first-order valence-electron chi connectivity index (χ1n) is 8.50. The van der Waals surface area contributed by atoms with Gasteiger partial charge in [0.05, 0.1) is 11.5 Å². The minimum Gasteiger partial charge on any atom is -0.420 e. The topological polar surface area (TPSA) is 87.7 Å². The molecule has 0 unspecified atom stereocenters. The summed E-state index contributed by atoms with van der Waals surface area (Å²) >= 11 is 0. The largest absolute Gasteiger partial charge is 0.420 e. The standard InChI is InChI=1S/C20H24N4O/c1-11(2)12-6-8-13(9-7-12)15-14(10-21)18(22)25-19-16(15)17(23-24-19)20(3,4)5/h6-9,11,15H,22H2,1-5H3,(H,23,24)/t15-/m1/s1. The summed E-state index contributed by atoms with van der Waals surface area (Å²) in [5.41, 5.74) is 10.4. The third-order valence-electron chi connectivity index (χ3n) is 4.63. The van der Waals surface area contributed by atoms with Crippen molar-refractivity contribution in [3.8, 4) is 11.9 Å². The summed E-state index contributed by atoms with van der Waals surface area (Å²) in [5.74, 6) is 0.761. The van der Waals surface area contributed by atoms with Gasteiger partial charge in [-0.3, -0.25) is 5.10 Å². The van der Waals surface area contributed by atoms with Crippen molar-refractivity contribution >= 4 is 0 Å². The van der Waals surface area contributed by atoms with Gasteiger partial charge in [0.15, 0.2) is 0 Å². The molecule has 5 heteroatoms. The minimum absolute atomic E-state index is 0.125. The normalized spacial score (nSPS) is 17.2. The molecule has 1 aromatic heterocycles. The molecular formula is C20H24N4O. The van der Waals surface area contributed by atoms with E-state index in [4.69, 9.17) is 10.5 Å². The molecule has 0 amide bonds. The van der Waals surface area contributed by atoms with Crippen molar-refractivity contribution in [2.75, 3.05) is 0 Å². The lowest BCUT2D eigenvalue weighted by Gasteiger charge is -2.27. The molecule has 0 aliphatic carbocycles. The Balaban J connectivity index is 2.20. The predicted octanol–water partition coefficient (Wildman–Crippen LogP) is 4.05. The second-order valence-corrected chi connectivity index (χ2v) is 7.81. The molecule has 3 rings (SSSR count). The molecule has 1 aliphatic heterocycles. The van der Waals surface area contributed by atoms with Crippen molar-refractivity contribution in [2.24, 2.45) is 5.73 Å². The Morgan fingerprint density at radius 1 is 1.24 bits per heavy atom. The highest BCUT2D eigenvalue weighted by atomic mass is 16.5. The highest BCUT2D eigenvalue weighted by Gasteiger charge is 2.37. The lowest BCUT2D eigenvalue weighted by atomic mass is 9.78. The van der Waals surface area contributed by atoms with Crippen LogP contribution in [0, 0.1) is 11.3 Å². The van der Waals surface area contributed by atoms with Crippen molar-refractivity contribution in [1.29, 1.82) is 5.26 Å². The molecule has 0 radical (unpaired) electrons. The highest BCUT2D eigenvalue weighted by molar-refractivity contribution is 5.56. The Kier molecular flexibility index (Phi) is 4.08. The van der Waals surface area contributed by atoms with Gasteiger partial charge in [-0.15, -0.1) is 5.10 Å². The fourth-order valence-electron chi connectivity index (χ4n) is 3.22. The zero-order valence-corrected chi connectivity index (χ0v) is 15.3. The molecule has 0 spiro atoms. The summed E-state index contributed by atoms with van der Waals surface area (Å²) in [7, 11) is 0. The van der Waals surface area contributed by atoms with Crippen LogP contribution in [0.2, 0.25) is 0 Å². The number of aromatic amines is 1. The van der Waals surface area contributed by atoms with Crippen LogP contribution in [0.25, 0.3) is 0 Å². The van der Waals surface area contributed by atoms with Crippen LogP contribution >= 0.6 is 0 Å². The number of H-pyrrole nitrogens is 1. The van der Waals surface area contributed by atoms with Crippen LogP contribution in [0.4, 0.5) is 0 Å². The number of hydrogen-bond acceptors (Lipinski definition) is 4. The molecule has 2 heterocycles. The second kappa shape index (κ2) is 5.96. The first-order valence-corrected chi connectivity index (χ1v) is 8.50. The van der Waals surface area contributed by atoms with E-state index in [-0.39, 0.29) is 17.2 Å². The lowest BCUT2D eigenvalue weighted by Crippen LogP contribution is -2.23. The fraction of sp³-hybridized carbons (Fsp3) is 0.400. The zero-order valence-electron chi connectivity index (χ0n) is 15.3. The minimum atomic E-state index is -0.275. The maximum Gasteiger partial charge on any atom is 0.244 e. The molecule has 0 bridgehead atoms. The first-order chi connectivity index (χ1) is 11.7. The van der Waals surface area contributed by atoms with Gasteiger partial charge >= 0.3 is 0 Å². The number of nitriles is 1. The van der Waals surface area contributed by atoms with Crippen molar-refractivity contribution in [3.05, 3.63) is 58.1 Å². The number of fused-ring (bicyclic) bond motifs is 1. The number of allylic oxidation sites excluding steroid dienone is 1. The van der Waals surface area contributed by atoms with Crippen LogP contribution in [0.5, 0.6) is 5.88 Å². The number of rotatable bonds is 2. The van der Waals surface area contributed by atoms with Gasteiger partial charge in [-0.1, -0.05) is 58.9 Å². The van der Waals surface area contributed by atoms with E-state index in [0.29, 0.717) is 17.4 Å². The third-order valence-corrected chi connectivity index (χ3v) is 4.63. The van der Waals surface area contributed by atoms with E-state index in [2.05, 4.69) is 75.2 Å². The number of nitrogens with zero attached hydrogens (tertiary/aromatic N) is 2. The summed E-state index contributed by atoms with van der Waals surface area (Å²) in [6.07, 6.45) is 0. The Hall–Kier alpha value is -2.74. The molecule has 0 fully saturated rings. The summed E-state index contributed by atoms with van der Waals surface area (Å²) in [6, 6.07) is 10.6. The molecule has 2 aromatic rings. The molecular weight excluding hydrogens is 312 g/mol. The lowest BCUT2D eigenvalue weighted by molar-refractivity contribution is 0.378. The fourth-order valence-corrected chi connectivity index (χ4v) is 3.22. The average Bonchev–Trinajstić information content (AvgIpc) is 2.97. The summed E-state index contributed by atoms with van der Waals surface area (Å²) < 4.78 is 5.62. The van der Waals surface area contributed by atoms with Gasteiger partial charge in [-0.25, -0.2) is 0 Å². The smallest absolute Gasteiger partial charge is 0.244 e. The molecule has 130 valence electrons. The van der Waals surface area contributed by atoms with Gasteiger partial charge in [-0.05, 0) is 17.0 Å². The summed E-state index contributed by atoms with van der Waals surface area (Å²) in [5, 5.41) is 17.1. The van der Waals surface area contributed by atoms with Crippen LogP contribution in [0.1, 0.15) is 68.8 Å². The Labute approximate surface area is 148 Å². The van der Waals surface area contributed by atoms with E-state index in [1.807, 2.05) is 0 Å². The van der Waals surface area contributed by atoms with Crippen LogP contribution in [-0.2, 0) is 5.41 Å². The summed E-state index contributed by atoms with van der Waals surface area (Å²) in [4.78, 5) is 0. The van der Waals surface area contributed by atoms with Crippen LogP contribution in [-0.4, -0.2) is 10.2 Å². The average molecular weight is 336 g/mol. The maximum atomic E-state index is 9.69. The van der Waals surface area contributed by atoms with Gasteiger partial charge in [0.1, 0.15) is 11.6 Å². The van der Waals surface area contributed by atoms with Crippen molar-refractivity contribution in [2.45, 2.75) is 51.9 Å². The predicted molar refractivity (Wildman–Crippen MR) is 97.1 cm³/mol. The Bertz CT molecular complexity index is 861. The van der Waals surface area contributed by atoms with Crippen molar-refractivity contribution in [1.82, 2.24) is 10.2 Å². The number of nitrogens with one attached hydrogen (secondary N) is 1. The van der Waals surface area contributed by atoms with E-state index < -0.39 is 0 Å². The Morgan fingerprint density at radius 3 is 2.40 bits per heavy atom. The number of benzene rings is 1. The number of nitrogens with two attached hydrogens (primary N) is 1. The van der Waals surface area contributed by atoms with Crippen LogP contribution in [0.15, 0.2) is 35.7 Å². The third kappa shape index (κ3) is 2.89. The zero-order chi connectivity index (χ0) is 18.4. The van der Waals surface area contributed by atoms with E-state index in [1.165, 1.54) is 5.56 Å². The molecule has 0 saturated carbocycles. The second-order valence-electron chi connectivity index (χ2n) is 7.81.